The third-order valence-electron chi connectivity index (χ3n) is 5.30. The highest BCUT2D eigenvalue weighted by atomic mass is 16.4. The SMILES string of the molecule is CC(NC(=O)C(N)CCCCN)C(=O)NC(C(=O)NC(Cc1ccc(O)cc1)C(=O)O)C(C)C. The molecule has 0 fully saturated rings. The fourth-order valence-electron chi connectivity index (χ4n) is 3.17. The minimum Gasteiger partial charge on any atom is -0.508 e. The maximum absolute atomic E-state index is 12.8. The van der Waals surface area contributed by atoms with Gasteiger partial charge in [-0.1, -0.05) is 32.4 Å². The number of hydrogen-bond acceptors (Lipinski definition) is 7. The van der Waals surface area contributed by atoms with Crippen LogP contribution in [0.3, 0.4) is 0 Å². The summed E-state index contributed by atoms with van der Waals surface area (Å²) in [6, 6.07) is 1.98. The predicted octanol–water partition coefficient (Wildman–Crippen LogP) is -0.394. The predicted molar refractivity (Wildman–Crippen MR) is 127 cm³/mol. The molecule has 0 heterocycles. The molecule has 0 aliphatic rings. The van der Waals surface area contributed by atoms with Gasteiger partial charge in [-0.3, -0.25) is 14.4 Å². The van der Waals surface area contributed by atoms with Crippen LogP contribution in [0.2, 0.25) is 0 Å². The molecule has 0 aromatic heterocycles. The highest BCUT2D eigenvalue weighted by molar-refractivity contribution is 5.94. The number of amides is 3. The highest BCUT2D eigenvalue weighted by Crippen LogP contribution is 2.12. The minimum absolute atomic E-state index is 0.00534. The summed E-state index contributed by atoms with van der Waals surface area (Å²) in [7, 11) is 0. The van der Waals surface area contributed by atoms with Gasteiger partial charge in [0.1, 0.15) is 23.9 Å². The quantitative estimate of drug-likeness (QED) is 0.175. The number of carbonyl (C=O) groups is 4. The smallest absolute Gasteiger partial charge is 0.326 e. The second-order valence-corrected chi connectivity index (χ2v) is 8.62. The lowest BCUT2D eigenvalue weighted by atomic mass is 10.0. The first kappa shape index (κ1) is 28.9. The molecule has 0 saturated carbocycles. The summed E-state index contributed by atoms with van der Waals surface area (Å²) in [5.41, 5.74) is 11.9. The van der Waals surface area contributed by atoms with Crippen molar-refractivity contribution in [3.8, 4) is 5.75 Å². The molecule has 3 amide bonds. The summed E-state index contributed by atoms with van der Waals surface area (Å²) in [4.78, 5) is 49.4. The van der Waals surface area contributed by atoms with E-state index >= 15 is 0 Å². The van der Waals surface area contributed by atoms with E-state index in [1.807, 2.05) is 0 Å². The van der Waals surface area contributed by atoms with Crippen LogP contribution in [0, 0.1) is 5.92 Å². The number of hydrogen-bond donors (Lipinski definition) is 7. The van der Waals surface area contributed by atoms with Crippen LogP contribution in [0.1, 0.15) is 45.6 Å². The van der Waals surface area contributed by atoms with E-state index < -0.39 is 47.9 Å². The van der Waals surface area contributed by atoms with Gasteiger partial charge in [-0.2, -0.15) is 0 Å². The molecule has 34 heavy (non-hydrogen) atoms. The van der Waals surface area contributed by atoms with Crippen LogP contribution in [-0.4, -0.2) is 64.6 Å². The summed E-state index contributed by atoms with van der Waals surface area (Å²) in [5.74, 6) is -3.29. The van der Waals surface area contributed by atoms with Crippen molar-refractivity contribution in [1.82, 2.24) is 16.0 Å². The maximum Gasteiger partial charge on any atom is 0.326 e. The Morgan fingerprint density at radius 2 is 1.53 bits per heavy atom. The first-order valence-electron chi connectivity index (χ1n) is 11.3. The number of phenolic OH excluding ortho intramolecular Hbond substituents is 1. The van der Waals surface area contributed by atoms with E-state index in [4.69, 9.17) is 11.5 Å². The fraction of sp³-hybridized carbons (Fsp3) is 0.565. The molecule has 4 unspecified atom stereocenters. The number of aromatic hydroxyl groups is 1. The van der Waals surface area contributed by atoms with Crippen LogP contribution in [0.15, 0.2) is 24.3 Å². The van der Waals surface area contributed by atoms with Gasteiger partial charge in [-0.05, 0) is 49.9 Å². The molecule has 0 aliphatic heterocycles. The number of unbranched alkanes of at least 4 members (excludes halogenated alkanes) is 1. The Hall–Kier alpha value is -3.18. The van der Waals surface area contributed by atoms with Crippen LogP contribution in [0.5, 0.6) is 5.75 Å². The van der Waals surface area contributed by atoms with Crippen molar-refractivity contribution < 1.29 is 29.4 Å². The molecule has 0 saturated heterocycles. The van der Waals surface area contributed by atoms with Crippen LogP contribution in [0.4, 0.5) is 0 Å². The first-order valence-corrected chi connectivity index (χ1v) is 11.3. The molecule has 0 radical (unpaired) electrons. The van der Waals surface area contributed by atoms with E-state index in [9.17, 15) is 29.4 Å². The Labute approximate surface area is 199 Å². The Morgan fingerprint density at radius 1 is 0.912 bits per heavy atom. The Bertz CT molecular complexity index is 830. The van der Waals surface area contributed by atoms with Crippen molar-refractivity contribution in [3.63, 3.8) is 0 Å². The third-order valence-corrected chi connectivity index (χ3v) is 5.30. The standard InChI is InChI=1S/C23H37N5O6/c1-13(2)19(28-20(30)14(3)26-21(31)17(25)6-4-5-11-24)22(32)27-18(23(33)34)12-15-7-9-16(29)10-8-15/h7-10,13-14,17-19,29H,4-6,11-12,24-25H2,1-3H3,(H,26,31)(H,27,32)(H,28,30)(H,33,34). The fourth-order valence-corrected chi connectivity index (χ4v) is 3.17. The summed E-state index contributed by atoms with van der Waals surface area (Å²) in [6.07, 6.45) is 1.86. The minimum atomic E-state index is -1.24. The lowest BCUT2D eigenvalue weighted by Gasteiger charge is -2.26. The van der Waals surface area contributed by atoms with Crippen molar-refractivity contribution in [2.24, 2.45) is 17.4 Å². The van der Waals surface area contributed by atoms with E-state index in [0.717, 1.165) is 6.42 Å². The van der Waals surface area contributed by atoms with Crippen LogP contribution >= 0.6 is 0 Å². The summed E-state index contributed by atoms with van der Waals surface area (Å²) in [5, 5.41) is 26.5. The van der Waals surface area contributed by atoms with Crippen molar-refractivity contribution in [1.29, 1.82) is 0 Å². The Balaban J connectivity index is 2.74. The van der Waals surface area contributed by atoms with Crippen molar-refractivity contribution >= 4 is 23.7 Å². The number of nitrogens with one attached hydrogen (secondary N) is 3. The van der Waals surface area contributed by atoms with Crippen LogP contribution in [0.25, 0.3) is 0 Å². The average molecular weight is 480 g/mol. The van der Waals surface area contributed by atoms with Gasteiger partial charge in [0.2, 0.25) is 17.7 Å². The molecule has 0 bridgehead atoms. The number of carboxylic acids is 1. The van der Waals surface area contributed by atoms with Gasteiger partial charge in [0.25, 0.3) is 0 Å². The molecule has 1 aromatic rings. The van der Waals surface area contributed by atoms with Crippen LogP contribution < -0.4 is 27.4 Å². The number of nitrogens with two attached hydrogens (primary N) is 2. The lowest BCUT2D eigenvalue weighted by Crippen LogP contribution is -2.58. The average Bonchev–Trinajstić information content (AvgIpc) is 2.77. The molecular weight excluding hydrogens is 442 g/mol. The number of rotatable bonds is 14. The van der Waals surface area contributed by atoms with Gasteiger partial charge in [0.05, 0.1) is 6.04 Å². The molecule has 190 valence electrons. The van der Waals surface area contributed by atoms with Gasteiger partial charge < -0.3 is 37.6 Å². The molecule has 11 nitrogen and oxygen atoms in total. The zero-order valence-corrected chi connectivity index (χ0v) is 19.9. The van der Waals surface area contributed by atoms with Gasteiger partial charge in [0.15, 0.2) is 0 Å². The molecule has 11 heteroatoms. The molecule has 4 atom stereocenters. The number of carbonyl (C=O) groups excluding carboxylic acids is 3. The zero-order valence-electron chi connectivity index (χ0n) is 19.9. The van der Waals surface area contributed by atoms with Gasteiger partial charge in [-0.15, -0.1) is 0 Å². The second kappa shape index (κ2) is 14.2. The first-order chi connectivity index (χ1) is 16.0. The molecule has 9 N–H and O–H groups in total. The monoisotopic (exact) mass is 479 g/mol. The Kier molecular flexibility index (Phi) is 12.0. The normalized spacial score (nSPS) is 14.5. The van der Waals surface area contributed by atoms with E-state index in [1.165, 1.54) is 19.1 Å². The van der Waals surface area contributed by atoms with Gasteiger partial charge in [0, 0.05) is 6.42 Å². The second-order valence-electron chi connectivity index (χ2n) is 8.62. The molecular formula is C23H37N5O6. The lowest BCUT2D eigenvalue weighted by molar-refractivity contribution is -0.142. The molecule has 1 rings (SSSR count). The largest absolute Gasteiger partial charge is 0.508 e. The highest BCUT2D eigenvalue weighted by Gasteiger charge is 2.30. The Morgan fingerprint density at radius 3 is 2.06 bits per heavy atom. The number of phenols is 1. The maximum atomic E-state index is 12.8. The van der Waals surface area contributed by atoms with Gasteiger partial charge >= 0.3 is 5.97 Å². The number of carboxylic acid groups (broad SMARTS) is 1. The van der Waals surface area contributed by atoms with Crippen molar-refractivity contribution in [2.75, 3.05) is 6.54 Å². The summed E-state index contributed by atoms with van der Waals surface area (Å²) < 4.78 is 0. The van der Waals surface area contributed by atoms with E-state index in [1.54, 1.807) is 26.0 Å². The third kappa shape index (κ3) is 9.75. The van der Waals surface area contributed by atoms with Crippen LogP contribution in [-0.2, 0) is 25.6 Å². The van der Waals surface area contributed by atoms with E-state index in [0.29, 0.717) is 24.9 Å². The van der Waals surface area contributed by atoms with Crippen molar-refractivity contribution in [3.05, 3.63) is 29.8 Å². The molecule has 0 aliphatic carbocycles. The zero-order chi connectivity index (χ0) is 25.8. The van der Waals surface area contributed by atoms with E-state index in [-0.39, 0.29) is 18.1 Å². The van der Waals surface area contributed by atoms with Crippen molar-refractivity contribution in [2.45, 2.75) is 70.6 Å². The number of benzene rings is 1. The number of aliphatic carboxylic acids is 1. The van der Waals surface area contributed by atoms with E-state index in [2.05, 4.69) is 16.0 Å². The summed E-state index contributed by atoms with van der Waals surface area (Å²) >= 11 is 0. The van der Waals surface area contributed by atoms with Gasteiger partial charge in [-0.25, -0.2) is 4.79 Å². The summed E-state index contributed by atoms with van der Waals surface area (Å²) in [6.45, 7) is 5.39. The molecule has 0 spiro atoms. The topological polar surface area (TPSA) is 197 Å². The molecule has 1 aromatic carbocycles.